The smallest absolute Gasteiger partial charge is 0.270 e. The van der Waals surface area contributed by atoms with Gasteiger partial charge in [0.15, 0.2) is 5.16 Å². The molecule has 1 amide bonds. The maximum absolute atomic E-state index is 12.8. The summed E-state index contributed by atoms with van der Waals surface area (Å²) in [5, 5.41) is 15.9. The van der Waals surface area contributed by atoms with Crippen LogP contribution in [0.15, 0.2) is 65.1 Å². The molecule has 7 nitrogen and oxygen atoms in total. The first-order chi connectivity index (χ1) is 17.5. The summed E-state index contributed by atoms with van der Waals surface area (Å²) in [6.07, 6.45) is 1.90. The fraction of sp³-hybridized carbons (Fsp3) is 0.308. The number of piperidine rings is 1. The van der Waals surface area contributed by atoms with E-state index >= 15 is 0 Å². The maximum Gasteiger partial charge on any atom is 0.270 e. The first kappa shape index (κ1) is 25.0. The van der Waals surface area contributed by atoms with Gasteiger partial charge in [-0.1, -0.05) is 59.8 Å². The summed E-state index contributed by atoms with van der Waals surface area (Å²) >= 11 is 9.20. The molecule has 0 unspecified atom stereocenters. The average Bonchev–Trinajstić information content (AvgIpc) is 3.51. The molecule has 0 aliphatic carbocycles. The van der Waals surface area contributed by atoms with Gasteiger partial charge in [0.05, 0.1) is 11.4 Å². The van der Waals surface area contributed by atoms with Crippen molar-refractivity contribution in [2.75, 3.05) is 13.1 Å². The highest BCUT2D eigenvalue weighted by atomic mass is 35.5. The third kappa shape index (κ3) is 6.15. The highest BCUT2D eigenvalue weighted by molar-refractivity contribution is 7.98. The Kier molecular flexibility index (Phi) is 8.01. The first-order valence-corrected chi connectivity index (χ1v) is 14.1. The number of halogens is 1. The minimum Gasteiger partial charge on any atom is -0.348 e. The molecule has 1 aliphatic rings. The number of nitrogens with zero attached hydrogens (tertiary/aromatic N) is 5. The lowest BCUT2D eigenvalue weighted by Crippen LogP contribution is -2.44. The quantitative estimate of drug-likeness (QED) is 0.304. The van der Waals surface area contributed by atoms with Crippen molar-refractivity contribution in [3.05, 3.63) is 87.1 Å². The van der Waals surface area contributed by atoms with Crippen molar-refractivity contribution in [2.24, 2.45) is 0 Å². The van der Waals surface area contributed by atoms with Gasteiger partial charge in [0.1, 0.15) is 16.5 Å². The number of thiazole rings is 1. The number of rotatable bonds is 8. The molecule has 0 saturated carbocycles. The topological polar surface area (TPSA) is 75.9 Å². The second-order valence-corrected chi connectivity index (χ2v) is 11.1. The zero-order valence-electron chi connectivity index (χ0n) is 19.9. The summed E-state index contributed by atoms with van der Waals surface area (Å²) in [7, 11) is 0. The number of likely N-dealkylation sites (tertiary alicyclic amines) is 1. The lowest BCUT2D eigenvalue weighted by molar-refractivity contribution is 0.0904. The Bertz CT molecular complexity index is 1320. The van der Waals surface area contributed by atoms with Crippen LogP contribution in [0, 0.1) is 6.92 Å². The fourth-order valence-electron chi connectivity index (χ4n) is 4.29. The number of hydrogen-bond acceptors (Lipinski definition) is 7. The van der Waals surface area contributed by atoms with Crippen molar-refractivity contribution in [1.29, 1.82) is 0 Å². The van der Waals surface area contributed by atoms with Gasteiger partial charge in [-0.05, 0) is 43.5 Å². The highest BCUT2D eigenvalue weighted by Gasteiger charge is 2.22. The zero-order chi connectivity index (χ0) is 24.9. The van der Waals surface area contributed by atoms with Gasteiger partial charge in [-0.25, -0.2) is 4.98 Å². The number of aryl methyl sites for hydroxylation is 1. The Morgan fingerprint density at radius 2 is 1.94 bits per heavy atom. The number of amides is 1. The predicted molar refractivity (Wildman–Crippen MR) is 145 cm³/mol. The summed E-state index contributed by atoms with van der Waals surface area (Å²) < 4.78 is 1.97. The van der Waals surface area contributed by atoms with Crippen LogP contribution in [0.1, 0.15) is 39.7 Å². The monoisotopic (exact) mass is 538 g/mol. The molecular formula is C26H27ClN6OS2. The van der Waals surface area contributed by atoms with Gasteiger partial charge < -0.3 is 5.32 Å². The molecule has 1 saturated heterocycles. The average molecular weight is 539 g/mol. The van der Waals surface area contributed by atoms with Crippen molar-refractivity contribution in [1.82, 2.24) is 30.0 Å². The zero-order valence-corrected chi connectivity index (χ0v) is 22.3. The Labute approximate surface area is 223 Å². The SMILES string of the molecule is Cc1nnc(SCc2nc(C(=O)NC3CCN(Cc4ccccc4)CC3)cs2)n1-c1cccc(Cl)c1. The number of nitrogens with one attached hydrogen (secondary N) is 1. The van der Waals surface area contributed by atoms with Crippen LogP contribution in [0.25, 0.3) is 5.69 Å². The molecule has 0 atom stereocenters. The van der Waals surface area contributed by atoms with E-state index in [2.05, 4.69) is 49.7 Å². The third-order valence-corrected chi connectivity index (χ3v) is 8.35. The third-order valence-electron chi connectivity index (χ3n) is 6.14. The standard InChI is InChI=1S/C26H27ClN6OS2/c1-18-30-31-26(33(18)22-9-5-8-20(27)14-22)36-17-24-29-23(16-35-24)25(34)28-21-10-12-32(13-11-21)15-19-6-3-2-4-7-19/h2-9,14,16,21H,10-13,15,17H2,1H3,(H,28,34). The molecule has 36 heavy (non-hydrogen) atoms. The minimum absolute atomic E-state index is 0.0954. The van der Waals surface area contributed by atoms with Crippen molar-refractivity contribution in [3.63, 3.8) is 0 Å². The van der Waals surface area contributed by atoms with E-state index in [4.69, 9.17) is 11.6 Å². The van der Waals surface area contributed by atoms with Crippen molar-refractivity contribution < 1.29 is 4.79 Å². The molecule has 1 fully saturated rings. The highest BCUT2D eigenvalue weighted by Crippen LogP contribution is 2.27. The van der Waals surface area contributed by atoms with E-state index in [0.29, 0.717) is 16.5 Å². The second-order valence-electron chi connectivity index (χ2n) is 8.77. The Morgan fingerprint density at radius 3 is 2.72 bits per heavy atom. The summed E-state index contributed by atoms with van der Waals surface area (Å²) in [5.41, 5.74) is 2.73. The molecular weight excluding hydrogens is 512 g/mol. The van der Waals surface area contributed by atoms with Gasteiger partial charge in [-0.3, -0.25) is 14.3 Å². The predicted octanol–water partition coefficient (Wildman–Crippen LogP) is 5.37. The Hall–Kier alpha value is -2.72. The first-order valence-electron chi connectivity index (χ1n) is 11.9. The summed E-state index contributed by atoms with van der Waals surface area (Å²) in [6, 6.07) is 18.3. The Balaban J connectivity index is 1.13. The summed E-state index contributed by atoms with van der Waals surface area (Å²) in [6.45, 7) is 4.83. The van der Waals surface area contributed by atoms with E-state index < -0.39 is 0 Å². The van der Waals surface area contributed by atoms with Gasteiger partial charge >= 0.3 is 0 Å². The number of carbonyl (C=O) groups excluding carboxylic acids is 1. The lowest BCUT2D eigenvalue weighted by atomic mass is 10.0. The summed E-state index contributed by atoms with van der Waals surface area (Å²) in [4.78, 5) is 19.8. The lowest BCUT2D eigenvalue weighted by Gasteiger charge is -2.32. The van der Waals surface area contributed by atoms with E-state index in [1.165, 1.54) is 16.9 Å². The van der Waals surface area contributed by atoms with Gasteiger partial charge in [0, 0.05) is 36.1 Å². The molecule has 10 heteroatoms. The van der Waals surface area contributed by atoms with Crippen LogP contribution in [0.2, 0.25) is 5.02 Å². The molecule has 1 aliphatic heterocycles. The molecule has 0 bridgehead atoms. The van der Waals surface area contributed by atoms with Gasteiger partial charge in [0.25, 0.3) is 5.91 Å². The molecule has 5 rings (SSSR count). The van der Waals surface area contributed by atoms with Crippen molar-refractivity contribution >= 4 is 40.6 Å². The second kappa shape index (κ2) is 11.6. The molecule has 4 aromatic rings. The van der Waals surface area contributed by atoms with Crippen molar-refractivity contribution in [3.8, 4) is 5.69 Å². The van der Waals surface area contributed by atoms with Gasteiger partial charge in [-0.15, -0.1) is 21.5 Å². The molecule has 3 heterocycles. The molecule has 0 radical (unpaired) electrons. The number of thioether (sulfide) groups is 1. The number of hydrogen-bond donors (Lipinski definition) is 1. The molecule has 186 valence electrons. The van der Waals surface area contributed by atoms with E-state index in [0.717, 1.165) is 54.2 Å². The van der Waals surface area contributed by atoms with Gasteiger partial charge in [-0.2, -0.15) is 0 Å². The summed E-state index contributed by atoms with van der Waals surface area (Å²) in [5.74, 6) is 1.30. The van der Waals surface area contributed by atoms with E-state index in [-0.39, 0.29) is 11.9 Å². The maximum atomic E-state index is 12.8. The van der Waals surface area contributed by atoms with Crippen LogP contribution >= 0.6 is 34.7 Å². The van der Waals surface area contributed by atoms with Crippen LogP contribution in [-0.4, -0.2) is 49.7 Å². The van der Waals surface area contributed by atoms with Crippen molar-refractivity contribution in [2.45, 2.75) is 43.3 Å². The van der Waals surface area contributed by atoms with Gasteiger partial charge in [0.2, 0.25) is 0 Å². The largest absolute Gasteiger partial charge is 0.348 e. The molecule has 1 N–H and O–H groups in total. The van der Waals surface area contributed by atoms with Crippen LogP contribution in [0.4, 0.5) is 0 Å². The molecule has 2 aromatic carbocycles. The fourth-order valence-corrected chi connectivity index (χ4v) is 6.27. The molecule has 2 aromatic heterocycles. The van der Waals surface area contributed by atoms with E-state index in [1.54, 1.807) is 11.8 Å². The number of carbonyl (C=O) groups is 1. The van der Waals surface area contributed by atoms with Crippen LogP contribution in [-0.2, 0) is 12.3 Å². The van der Waals surface area contributed by atoms with E-state index in [1.807, 2.05) is 47.2 Å². The number of benzene rings is 2. The minimum atomic E-state index is -0.0954. The van der Waals surface area contributed by atoms with Crippen LogP contribution < -0.4 is 5.32 Å². The Morgan fingerprint density at radius 1 is 1.14 bits per heavy atom. The van der Waals surface area contributed by atoms with Crippen LogP contribution in [0.3, 0.4) is 0 Å². The van der Waals surface area contributed by atoms with Crippen LogP contribution in [0.5, 0.6) is 0 Å². The molecule has 0 spiro atoms. The normalized spacial score (nSPS) is 14.7. The number of aromatic nitrogens is 4. The van der Waals surface area contributed by atoms with E-state index in [9.17, 15) is 4.79 Å².